The van der Waals surface area contributed by atoms with E-state index in [1.54, 1.807) is 57.8 Å². The maximum absolute atomic E-state index is 2.33. The monoisotopic (exact) mass is 334 g/mol. The molecule has 2 saturated carbocycles. The molecule has 0 heterocycles. The van der Waals surface area contributed by atoms with Crippen LogP contribution in [0, 0.1) is 23.7 Å². The van der Waals surface area contributed by atoms with Crippen molar-refractivity contribution in [2.24, 2.45) is 23.7 Å². The Morgan fingerprint density at radius 1 is 0.542 bits per heavy atom. The van der Waals surface area contributed by atoms with Crippen LogP contribution < -0.4 is 0 Å². The largest absolute Gasteiger partial charge is 0.0654 e. The van der Waals surface area contributed by atoms with Crippen molar-refractivity contribution in [1.29, 1.82) is 0 Å². The van der Waals surface area contributed by atoms with Crippen molar-refractivity contribution in [3.63, 3.8) is 0 Å². The lowest BCUT2D eigenvalue weighted by Gasteiger charge is -2.38. The molecular weight excluding hydrogens is 288 g/mol. The molecule has 0 nitrogen and oxygen atoms in total. The first kappa shape index (κ1) is 20.3. The van der Waals surface area contributed by atoms with Crippen molar-refractivity contribution in [2.45, 2.75) is 129 Å². The van der Waals surface area contributed by atoms with E-state index in [0.717, 1.165) is 23.7 Å². The van der Waals surface area contributed by atoms with E-state index in [4.69, 9.17) is 0 Å². The Bertz CT molecular complexity index is 286. The van der Waals surface area contributed by atoms with Crippen molar-refractivity contribution in [3.8, 4) is 0 Å². The number of unbranched alkanes of at least 4 members (excludes halogenated alkanes) is 6. The zero-order valence-corrected chi connectivity index (χ0v) is 17.0. The molecule has 2 rings (SSSR count). The Morgan fingerprint density at radius 3 is 1.92 bits per heavy atom. The second kappa shape index (κ2) is 12.4. The average Bonchev–Trinajstić information content (AvgIpc) is 2.63. The van der Waals surface area contributed by atoms with Gasteiger partial charge in [-0.25, -0.2) is 0 Å². The maximum Gasteiger partial charge on any atom is -0.0383 e. The van der Waals surface area contributed by atoms with Crippen LogP contribution in [0.2, 0.25) is 0 Å². The topological polar surface area (TPSA) is 0 Å². The lowest BCUT2D eigenvalue weighted by atomic mass is 9.67. The SMILES string of the molecule is CCCCCCC[C@@H]1CCC[C@@H]([C@H]2CC[C@@H](CCCCC)CC2)C1. The summed E-state index contributed by atoms with van der Waals surface area (Å²) >= 11 is 0. The van der Waals surface area contributed by atoms with Crippen LogP contribution in [0.3, 0.4) is 0 Å². The first-order valence-corrected chi connectivity index (χ1v) is 11.8. The molecule has 0 amide bonds. The molecule has 24 heavy (non-hydrogen) atoms. The standard InChI is InChI=1S/C24H46/c1-3-5-7-8-10-13-22-14-11-15-24(20-22)23-18-16-21(17-19-23)12-9-6-4-2/h21-24H,3-20H2,1-2H3/t21-,22-,23+,24-/m1/s1. The van der Waals surface area contributed by atoms with Crippen LogP contribution in [-0.4, -0.2) is 0 Å². The molecule has 0 unspecified atom stereocenters. The number of hydrogen-bond donors (Lipinski definition) is 0. The van der Waals surface area contributed by atoms with Gasteiger partial charge in [0, 0.05) is 0 Å². The molecule has 2 fully saturated rings. The summed E-state index contributed by atoms with van der Waals surface area (Å²) in [4.78, 5) is 0. The normalized spacial score (nSPS) is 31.2. The van der Waals surface area contributed by atoms with Crippen LogP contribution >= 0.6 is 0 Å². The van der Waals surface area contributed by atoms with Crippen molar-refractivity contribution in [3.05, 3.63) is 0 Å². The average molecular weight is 335 g/mol. The van der Waals surface area contributed by atoms with Gasteiger partial charge in [-0.2, -0.15) is 0 Å². The van der Waals surface area contributed by atoms with E-state index in [1.165, 1.54) is 57.8 Å². The van der Waals surface area contributed by atoms with Crippen LogP contribution in [0.1, 0.15) is 129 Å². The van der Waals surface area contributed by atoms with Crippen LogP contribution in [0.5, 0.6) is 0 Å². The van der Waals surface area contributed by atoms with Gasteiger partial charge in [0.2, 0.25) is 0 Å². The lowest BCUT2D eigenvalue weighted by molar-refractivity contribution is 0.132. The summed E-state index contributed by atoms with van der Waals surface area (Å²) < 4.78 is 0. The third-order valence-corrected chi connectivity index (χ3v) is 7.31. The Kier molecular flexibility index (Phi) is 10.5. The minimum absolute atomic E-state index is 1.09. The zero-order valence-electron chi connectivity index (χ0n) is 17.0. The van der Waals surface area contributed by atoms with Gasteiger partial charge in [-0.05, 0) is 42.9 Å². The summed E-state index contributed by atoms with van der Waals surface area (Å²) in [7, 11) is 0. The second-order valence-electron chi connectivity index (χ2n) is 9.27. The van der Waals surface area contributed by atoms with E-state index >= 15 is 0 Å². The molecule has 0 aromatic carbocycles. The molecule has 0 heteroatoms. The highest BCUT2D eigenvalue weighted by atomic mass is 14.4. The van der Waals surface area contributed by atoms with Gasteiger partial charge in [0.15, 0.2) is 0 Å². The minimum atomic E-state index is 1.09. The summed E-state index contributed by atoms with van der Waals surface area (Å²) in [5.41, 5.74) is 0. The highest BCUT2D eigenvalue weighted by Crippen LogP contribution is 2.43. The summed E-state index contributed by atoms with van der Waals surface area (Å²) in [5, 5.41) is 0. The molecule has 2 aliphatic rings. The predicted octanol–water partition coefficient (Wildman–Crippen LogP) is 8.54. The summed E-state index contributed by atoms with van der Waals surface area (Å²) in [6.07, 6.45) is 27.3. The Morgan fingerprint density at radius 2 is 1.17 bits per heavy atom. The second-order valence-corrected chi connectivity index (χ2v) is 9.27. The van der Waals surface area contributed by atoms with Crippen molar-refractivity contribution in [2.75, 3.05) is 0 Å². The van der Waals surface area contributed by atoms with Gasteiger partial charge >= 0.3 is 0 Å². The Balaban J connectivity index is 1.60. The fourth-order valence-corrected chi connectivity index (χ4v) is 5.69. The smallest absolute Gasteiger partial charge is 0.0383 e. The number of rotatable bonds is 11. The van der Waals surface area contributed by atoms with Crippen molar-refractivity contribution >= 4 is 0 Å². The van der Waals surface area contributed by atoms with Crippen LogP contribution in [0.4, 0.5) is 0 Å². The summed E-state index contributed by atoms with van der Waals surface area (Å²) in [5.74, 6) is 4.39. The van der Waals surface area contributed by atoms with E-state index < -0.39 is 0 Å². The molecule has 2 atom stereocenters. The molecule has 142 valence electrons. The van der Waals surface area contributed by atoms with Crippen LogP contribution in [-0.2, 0) is 0 Å². The molecule has 0 saturated heterocycles. The molecular formula is C24H46. The molecule has 0 aliphatic heterocycles. The van der Waals surface area contributed by atoms with E-state index in [2.05, 4.69) is 13.8 Å². The van der Waals surface area contributed by atoms with Crippen molar-refractivity contribution in [1.82, 2.24) is 0 Å². The summed E-state index contributed by atoms with van der Waals surface area (Å²) in [6.45, 7) is 4.66. The van der Waals surface area contributed by atoms with Gasteiger partial charge in [-0.1, -0.05) is 110 Å². The Hall–Kier alpha value is 0. The van der Waals surface area contributed by atoms with Gasteiger partial charge in [0.05, 0.1) is 0 Å². The van der Waals surface area contributed by atoms with Crippen molar-refractivity contribution < 1.29 is 0 Å². The molecule has 0 N–H and O–H groups in total. The first-order chi connectivity index (χ1) is 11.8. The third kappa shape index (κ3) is 7.49. The van der Waals surface area contributed by atoms with Gasteiger partial charge in [0.25, 0.3) is 0 Å². The first-order valence-electron chi connectivity index (χ1n) is 11.8. The Labute approximate surface area is 153 Å². The van der Waals surface area contributed by atoms with Crippen LogP contribution in [0.15, 0.2) is 0 Å². The predicted molar refractivity (Wildman–Crippen MR) is 108 cm³/mol. The minimum Gasteiger partial charge on any atom is -0.0654 e. The molecule has 0 aromatic heterocycles. The molecule has 0 bridgehead atoms. The quantitative estimate of drug-likeness (QED) is 0.332. The van der Waals surface area contributed by atoms with E-state index in [-0.39, 0.29) is 0 Å². The molecule has 2 aliphatic carbocycles. The highest BCUT2D eigenvalue weighted by Gasteiger charge is 2.31. The fourth-order valence-electron chi connectivity index (χ4n) is 5.69. The third-order valence-electron chi connectivity index (χ3n) is 7.31. The molecule has 0 spiro atoms. The summed E-state index contributed by atoms with van der Waals surface area (Å²) in [6, 6.07) is 0. The van der Waals surface area contributed by atoms with Gasteiger partial charge in [-0.15, -0.1) is 0 Å². The van der Waals surface area contributed by atoms with E-state index in [0.29, 0.717) is 0 Å². The number of hydrogen-bond acceptors (Lipinski definition) is 0. The van der Waals surface area contributed by atoms with Crippen LogP contribution in [0.25, 0.3) is 0 Å². The van der Waals surface area contributed by atoms with Gasteiger partial charge in [0.1, 0.15) is 0 Å². The molecule has 0 radical (unpaired) electrons. The van der Waals surface area contributed by atoms with E-state index in [9.17, 15) is 0 Å². The van der Waals surface area contributed by atoms with Gasteiger partial charge < -0.3 is 0 Å². The highest BCUT2D eigenvalue weighted by molar-refractivity contribution is 4.82. The molecule has 0 aromatic rings. The van der Waals surface area contributed by atoms with Gasteiger partial charge in [-0.3, -0.25) is 0 Å². The fraction of sp³-hybridized carbons (Fsp3) is 1.00. The zero-order chi connectivity index (χ0) is 17.0. The maximum atomic E-state index is 2.33. The van der Waals surface area contributed by atoms with E-state index in [1.807, 2.05) is 0 Å². The lowest BCUT2D eigenvalue weighted by Crippen LogP contribution is -2.26.